The summed E-state index contributed by atoms with van der Waals surface area (Å²) in [4.78, 5) is 7.85. The third-order valence-electron chi connectivity index (χ3n) is 3.21. The van der Waals surface area contributed by atoms with E-state index in [1.54, 1.807) is 6.07 Å². The molecule has 0 fully saturated rings. The van der Waals surface area contributed by atoms with E-state index in [4.69, 9.17) is 0 Å². The average Bonchev–Trinajstić information content (AvgIpc) is 3.05. The number of aromatic nitrogens is 2. The average molecular weight is 268 g/mol. The van der Waals surface area contributed by atoms with E-state index in [1.165, 1.54) is 17.4 Å². The van der Waals surface area contributed by atoms with Gasteiger partial charge < -0.3 is 4.98 Å². The number of nitrogens with one attached hydrogen (secondary N) is 1. The number of H-pyrrole nitrogens is 1. The molecule has 0 spiro atoms. The summed E-state index contributed by atoms with van der Waals surface area (Å²) in [6.07, 6.45) is 0. The third-order valence-corrected chi connectivity index (χ3v) is 4.14. The molecule has 4 rings (SSSR count). The van der Waals surface area contributed by atoms with Crippen molar-refractivity contribution in [3.63, 3.8) is 0 Å². The van der Waals surface area contributed by atoms with Crippen molar-refractivity contribution in [2.45, 2.75) is 0 Å². The van der Waals surface area contributed by atoms with Gasteiger partial charge >= 0.3 is 0 Å². The number of imidazole rings is 1. The lowest BCUT2D eigenvalue weighted by atomic mass is 10.1. The molecule has 0 atom stereocenters. The minimum absolute atomic E-state index is 0.176. The monoisotopic (exact) mass is 268 g/mol. The molecule has 0 saturated carbocycles. The van der Waals surface area contributed by atoms with Crippen LogP contribution in [0.4, 0.5) is 4.39 Å². The second-order valence-electron chi connectivity index (χ2n) is 4.36. The van der Waals surface area contributed by atoms with Crippen LogP contribution in [0.2, 0.25) is 0 Å². The Hall–Kier alpha value is -2.20. The van der Waals surface area contributed by atoms with Crippen LogP contribution in [-0.2, 0) is 0 Å². The molecule has 4 heteroatoms. The number of thiophene rings is 1. The van der Waals surface area contributed by atoms with E-state index in [0.717, 1.165) is 27.8 Å². The van der Waals surface area contributed by atoms with Gasteiger partial charge in [-0.3, -0.25) is 0 Å². The molecule has 2 heterocycles. The summed E-state index contributed by atoms with van der Waals surface area (Å²) < 4.78 is 14.4. The molecule has 0 saturated heterocycles. The van der Waals surface area contributed by atoms with Crippen LogP contribution in [0.25, 0.3) is 32.5 Å². The maximum absolute atomic E-state index is 13.7. The zero-order valence-corrected chi connectivity index (χ0v) is 10.7. The highest BCUT2D eigenvalue weighted by molar-refractivity contribution is 7.17. The summed E-state index contributed by atoms with van der Waals surface area (Å²) >= 11 is 1.41. The van der Waals surface area contributed by atoms with Crippen molar-refractivity contribution < 1.29 is 4.39 Å². The number of rotatable bonds is 1. The van der Waals surface area contributed by atoms with Crippen molar-refractivity contribution in [1.29, 1.82) is 0 Å². The Morgan fingerprint density at radius 1 is 1.05 bits per heavy atom. The topological polar surface area (TPSA) is 28.7 Å². The zero-order valence-electron chi connectivity index (χ0n) is 9.85. The van der Waals surface area contributed by atoms with Gasteiger partial charge in [0.05, 0.1) is 15.7 Å². The number of nitrogens with zero attached hydrogens (tertiary/aromatic N) is 1. The van der Waals surface area contributed by atoms with Crippen LogP contribution in [0.5, 0.6) is 0 Å². The minimum atomic E-state index is -0.176. The van der Waals surface area contributed by atoms with E-state index < -0.39 is 0 Å². The Balaban J connectivity index is 2.03. The van der Waals surface area contributed by atoms with Gasteiger partial charge in [-0.15, -0.1) is 11.3 Å². The van der Waals surface area contributed by atoms with E-state index in [2.05, 4.69) is 9.97 Å². The SMILES string of the molecule is Fc1ccc(-c2nc3ccccc3[nH]2)c2ccsc12. The number of halogens is 1. The number of benzene rings is 2. The van der Waals surface area contributed by atoms with Crippen LogP contribution in [0.1, 0.15) is 0 Å². The van der Waals surface area contributed by atoms with Crippen molar-refractivity contribution in [2.24, 2.45) is 0 Å². The van der Waals surface area contributed by atoms with Crippen molar-refractivity contribution >= 4 is 32.5 Å². The van der Waals surface area contributed by atoms with Crippen molar-refractivity contribution in [2.75, 3.05) is 0 Å². The normalized spacial score (nSPS) is 11.4. The number of hydrogen-bond acceptors (Lipinski definition) is 2. The molecule has 0 aliphatic carbocycles. The summed E-state index contributed by atoms with van der Waals surface area (Å²) in [5.41, 5.74) is 2.85. The minimum Gasteiger partial charge on any atom is -0.338 e. The maximum atomic E-state index is 13.7. The van der Waals surface area contributed by atoms with E-state index in [-0.39, 0.29) is 5.82 Å². The molecule has 0 bridgehead atoms. The number of para-hydroxylation sites is 2. The number of aromatic amines is 1. The predicted octanol–water partition coefficient (Wildman–Crippen LogP) is 4.58. The second-order valence-corrected chi connectivity index (χ2v) is 5.28. The van der Waals surface area contributed by atoms with Crippen LogP contribution in [0.3, 0.4) is 0 Å². The van der Waals surface area contributed by atoms with Gasteiger partial charge in [0.2, 0.25) is 0 Å². The molecule has 4 aromatic rings. The van der Waals surface area contributed by atoms with Gasteiger partial charge in [0.1, 0.15) is 11.6 Å². The van der Waals surface area contributed by atoms with Crippen LogP contribution >= 0.6 is 11.3 Å². The highest BCUT2D eigenvalue weighted by Crippen LogP contribution is 2.33. The van der Waals surface area contributed by atoms with Crippen LogP contribution in [0.15, 0.2) is 47.8 Å². The zero-order chi connectivity index (χ0) is 12.8. The summed E-state index contributed by atoms with van der Waals surface area (Å²) in [5, 5.41) is 2.81. The lowest BCUT2D eigenvalue weighted by molar-refractivity contribution is 0.642. The summed E-state index contributed by atoms with van der Waals surface area (Å²) in [5.74, 6) is 0.606. The summed E-state index contributed by atoms with van der Waals surface area (Å²) in [7, 11) is 0. The largest absolute Gasteiger partial charge is 0.338 e. The molecular weight excluding hydrogens is 259 g/mol. The number of hydrogen-bond donors (Lipinski definition) is 1. The predicted molar refractivity (Wildman–Crippen MR) is 76.9 cm³/mol. The summed E-state index contributed by atoms with van der Waals surface area (Å²) in [6.45, 7) is 0. The fourth-order valence-corrected chi connectivity index (χ4v) is 3.14. The Bertz CT molecular complexity index is 858. The van der Waals surface area contributed by atoms with Crippen LogP contribution in [-0.4, -0.2) is 9.97 Å². The number of fused-ring (bicyclic) bond motifs is 2. The van der Waals surface area contributed by atoms with Gasteiger partial charge in [-0.25, -0.2) is 9.37 Å². The molecule has 2 aromatic carbocycles. The third kappa shape index (κ3) is 1.57. The quantitative estimate of drug-likeness (QED) is 0.537. The molecule has 1 N–H and O–H groups in total. The van der Waals surface area contributed by atoms with Gasteiger partial charge in [0, 0.05) is 10.9 Å². The van der Waals surface area contributed by atoms with Crippen LogP contribution in [0, 0.1) is 5.82 Å². The van der Waals surface area contributed by atoms with Gasteiger partial charge in [0.25, 0.3) is 0 Å². The molecule has 0 unspecified atom stereocenters. The summed E-state index contributed by atoms with van der Waals surface area (Å²) in [6, 6.07) is 13.1. The molecule has 0 amide bonds. The highest BCUT2D eigenvalue weighted by atomic mass is 32.1. The smallest absolute Gasteiger partial charge is 0.141 e. The van der Waals surface area contributed by atoms with Gasteiger partial charge in [-0.1, -0.05) is 12.1 Å². The molecule has 19 heavy (non-hydrogen) atoms. The first-order chi connectivity index (χ1) is 9.33. The standard InChI is InChI=1S/C15H9FN2S/c16-11-6-5-10(9-7-8-19-14(9)11)15-17-12-3-1-2-4-13(12)18-15/h1-8H,(H,17,18). The molecule has 92 valence electrons. The van der Waals surface area contributed by atoms with Gasteiger partial charge in [-0.2, -0.15) is 0 Å². The fraction of sp³-hybridized carbons (Fsp3) is 0. The lowest BCUT2D eigenvalue weighted by Gasteiger charge is -2.00. The van der Waals surface area contributed by atoms with Crippen molar-refractivity contribution in [3.05, 3.63) is 53.7 Å². The maximum Gasteiger partial charge on any atom is 0.141 e. The molecular formula is C15H9FN2S. The Labute approximate surface area is 112 Å². The van der Waals surface area contributed by atoms with E-state index >= 15 is 0 Å². The van der Waals surface area contributed by atoms with E-state index in [1.807, 2.05) is 35.7 Å². The molecule has 2 aromatic heterocycles. The van der Waals surface area contributed by atoms with Crippen molar-refractivity contribution in [1.82, 2.24) is 9.97 Å². The Morgan fingerprint density at radius 3 is 2.84 bits per heavy atom. The van der Waals surface area contributed by atoms with Crippen LogP contribution < -0.4 is 0 Å². The van der Waals surface area contributed by atoms with E-state index in [9.17, 15) is 4.39 Å². The first-order valence-corrected chi connectivity index (χ1v) is 6.82. The van der Waals surface area contributed by atoms with Crippen molar-refractivity contribution in [3.8, 4) is 11.4 Å². The molecule has 2 nitrogen and oxygen atoms in total. The second kappa shape index (κ2) is 3.90. The molecule has 0 aliphatic heterocycles. The Morgan fingerprint density at radius 2 is 1.95 bits per heavy atom. The fourth-order valence-electron chi connectivity index (χ4n) is 2.32. The molecule has 0 radical (unpaired) electrons. The van der Waals surface area contributed by atoms with Gasteiger partial charge in [-0.05, 0) is 35.7 Å². The highest BCUT2D eigenvalue weighted by Gasteiger charge is 2.11. The first kappa shape index (κ1) is 10.7. The molecule has 0 aliphatic rings. The lowest BCUT2D eigenvalue weighted by Crippen LogP contribution is -1.83. The van der Waals surface area contributed by atoms with Gasteiger partial charge in [0.15, 0.2) is 0 Å². The first-order valence-electron chi connectivity index (χ1n) is 5.94. The van der Waals surface area contributed by atoms with E-state index in [0.29, 0.717) is 4.70 Å². The Kier molecular flexibility index (Phi) is 2.19.